The molecule has 0 aliphatic rings. The number of thiazole rings is 1. The quantitative estimate of drug-likeness (QED) is 0.782. The van der Waals surface area contributed by atoms with Crippen LogP contribution in [-0.2, 0) is 9.22 Å². The molecule has 0 N–H and O–H groups in total. The second-order valence-corrected chi connectivity index (χ2v) is 11.4. The molecule has 0 aliphatic carbocycles. The predicted molar refractivity (Wildman–Crippen MR) is 73.8 cm³/mol. The molecule has 0 saturated heterocycles. The summed E-state index contributed by atoms with van der Waals surface area (Å²) in [6.45, 7) is 12.4. The first-order chi connectivity index (χ1) is 7.65. The Balaban J connectivity index is 2.93. The van der Waals surface area contributed by atoms with Gasteiger partial charge in [0.2, 0.25) is 0 Å². The molecule has 1 aromatic heterocycles. The monoisotopic (exact) mass is 271 g/mol. The molecule has 0 radical (unpaired) electrons. The van der Waals surface area contributed by atoms with E-state index in [1.54, 1.807) is 13.1 Å². The SMILES string of the molecule is CC(=O)C(O[Si](C)(C)C(C)(C)C)c1nccs1. The number of nitrogens with zero attached hydrogens (tertiary/aromatic N) is 1. The summed E-state index contributed by atoms with van der Waals surface area (Å²) in [7, 11) is -1.94. The molecule has 0 aromatic carbocycles. The number of Topliss-reactive ketones (excluding diaryl/α,β-unsaturated/α-hetero) is 1. The Kier molecular flexibility index (Phi) is 4.27. The van der Waals surface area contributed by atoms with Crippen LogP contribution in [0.15, 0.2) is 11.6 Å². The first kappa shape index (κ1) is 14.5. The number of hydrogen-bond acceptors (Lipinski definition) is 4. The van der Waals surface area contributed by atoms with Gasteiger partial charge in [-0.2, -0.15) is 0 Å². The number of rotatable bonds is 4. The smallest absolute Gasteiger partial charge is 0.193 e. The molecular weight excluding hydrogens is 250 g/mol. The van der Waals surface area contributed by atoms with Gasteiger partial charge < -0.3 is 4.43 Å². The lowest BCUT2D eigenvalue weighted by Gasteiger charge is -2.38. The van der Waals surface area contributed by atoms with E-state index in [4.69, 9.17) is 4.43 Å². The van der Waals surface area contributed by atoms with Crippen molar-refractivity contribution in [1.82, 2.24) is 4.98 Å². The lowest BCUT2D eigenvalue weighted by atomic mass is 10.2. The standard InChI is InChI=1S/C12H21NO2SSi/c1-9(14)10(11-13-7-8-16-11)15-17(5,6)12(2,3)4/h7-8,10H,1-6H3. The lowest BCUT2D eigenvalue weighted by molar-refractivity contribution is -0.124. The molecular formula is C12H21NO2SSi. The van der Waals surface area contributed by atoms with Gasteiger partial charge >= 0.3 is 0 Å². The average Bonchev–Trinajstić information content (AvgIpc) is 2.64. The van der Waals surface area contributed by atoms with Crippen molar-refractivity contribution in [1.29, 1.82) is 0 Å². The Morgan fingerprint density at radius 2 is 2.06 bits per heavy atom. The molecule has 3 nitrogen and oxygen atoms in total. The lowest BCUT2D eigenvalue weighted by Crippen LogP contribution is -2.43. The van der Waals surface area contributed by atoms with E-state index in [0.717, 1.165) is 5.01 Å². The van der Waals surface area contributed by atoms with Crippen molar-refractivity contribution in [2.75, 3.05) is 0 Å². The van der Waals surface area contributed by atoms with Crippen molar-refractivity contribution in [3.05, 3.63) is 16.6 Å². The molecule has 0 spiro atoms. The summed E-state index contributed by atoms with van der Waals surface area (Å²) in [6.07, 6.45) is 1.22. The van der Waals surface area contributed by atoms with Gasteiger partial charge in [-0.3, -0.25) is 4.79 Å². The van der Waals surface area contributed by atoms with Crippen molar-refractivity contribution in [3.63, 3.8) is 0 Å². The molecule has 1 rings (SSSR count). The van der Waals surface area contributed by atoms with Gasteiger partial charge in [0.05, 0.1) is 0 Å². The summed E-state index contributed by atoms with van der Waals surface area (Å²) in [6, 6.07) is 0. The van der Waals surface area contributed by atoms with Crippen molar-refractivity contribution >= 4 is 25.4 Å². The third-order valence-electron chi connectivity index (χ3n) is 3.26. The van der Waals surface area contributed by atoms with Gasteiger partial charge in [-0.05, 0) is 25.1 Å². The van der Waals surface area contributed by atoms with Crippen molar-refractivity contribution in [3.8, 4) is 0 Å². The van der Waals surface area contributed by atoms with Gasteiger partial charge in [0.25, 0.3) is 0 Å². The third-order valence-corrected chi connectivity index (χ3v) is 8.52. The Bertz CT molecular complexity index is 382. The van der Waals surface area contributed by atoms with E-state index in [2.05, 4.69) is 38.8 Å². The van der Waals surface area contributed by atoms with E-state index in [1.165, 1.54) is 11.3 Å². The molecule has 0 aliphatic heterocycles. The van der Waals surface area contributed by atoms with Gasteiger partial charge in [-0.1, -0.05) is 20.8 Å². The van der Waals surface area contributed by atoms with E-state index in [1.807, 2.05) is 5.38 Å². The van der Waals surface area contributed by atoms with E-state index < -0.39 is 14.4 Å². The normalized spacial score (nSPS) is 14.7. The zero-order chi connectivity index (χ0) is 13.3. The van der Waals surface area contributed by atoms with Crippen LogP contribution in [0.3, 0.4) is 0 Å². The van der Waals surface area contributed by atoms with Crippen LogP contribution in [0.2, 0.25) is 18.1 Å². The minimum atomic E-state index is -1.94. The summed E-state index contributed by atoms with van der Waals surface area (Å²) in [5.74, 6) is 0.0322. The number of carbonyl (C=O) groups excluding carboxylic acids is 1. The molecule has 0 amide bonds. The van der Waals surface area contributed by atoms with E-state index in [0.29, 0.717) is 0 Å². The highest BCUT2D eigenvalue weighted by atomic mass is 32.1. The minimum Gasteiger partial charge on any atom is -0.401 e. The Hall–Kier alpha value is -0.523. The maximum Gasteiger partial charge on any atom is 0.193 e. The van der Waals surface area contributed by atoms with Crippen LogP contribution < -0.4 is 0 Å². The van der Waals surface area contributed by atoms with Gasteiger partial charge in [0.1, 0.15) is 5.01 Å². The fourth-order valence-corrected chi connectivity index (χ4v) is 3.17. The molecule has 1 atom stereocenters. The van der Waals surface area contributed by atoms with Crippen LogP contribution >= 0.6 is 11.3 Å². The molecule has 1 aromatic rings. The molecule has 1 unspecified atom stereocenters. The summed E-state index contributed by atoms with van der Waals surface area (Å²) in [5, 5.41) is 2.74. The van der Waals surface area contributed by atoms with Crippen molar-refractivity contribution < 1.29 is 9.22 Å². The molecule has 0 fully saturated rings. The Morgan fingerprint density at radius 3 is 2.41 bits per heavy atom. The first-order valence-electron chi connectivity index (χ1n) is 5.73. The van der Waals surface area contributed by atoms with Crippen LogP contribution in [0.4, 0.5) is 0 Å². The molecule has 5 heteroatoms. The average molecular weight is 271 g/mol. The van der Waals surface area contributed by atoms with Crippen LogP contribution in [0.1, 0.15) is 38.8 Å². The fraction of sp³-hybridized carbons (Fsp3) is 0.667. The van der Waals surface area contributed by atoms with E-state index in [-0.39, 0.29) is 10.8 Å². The Labute approximate surface area is 108 Å². The first-order valence-corrected chi connectivity index (χ1v) is 9.51. The van der Waals surface area contributed by atoms with Gasteiger partial charge in [-0.15, -0.1) is 11.3 Å². The number of ketones is 1. The summed E-state index contributed by atoms with van der Waals surface area (Å²) < 4.78 is 6.15. The zero-order valence-corrected chi connectivity index (χ0v) is 13.2. The predicted octanol–water partition coefficient (Wildman–Crippen LogP) is 3.80. The largest absolute Gasteiger partial charge is 0.401 e. The summed E-state index contributed by atoms with van der Waals surface area (Å²) >= 11 is 1.48. The molecule has 17 heavy (non-hydrogen) atoms. The topological polar surface area (TPSA) is 39.2 Å². The minimum absolute atomic E-state index is 0.0322. The van der Waals surface area contributed by atoms with Gasteiger partial charge in [0, 0.05) is 11.6 Å². The third kappa shape index (κ3) is 3.47. The van der Waals surface area contributed by atoms with Gasteiger partial charge in [0.15, 0.2) is 20.2 Å². The fourth-order valence-electron chi connectivity index (χ4n) is 1.14. The summed E-state index contributed by atoms with van der Waals surface area (Å²) in [4.78, 5) is 15.9. The molecule has 0 bridgehead atoms. The van der Waals surface area contributed by atoms with Crippen LogP contribution in [0.5, 0.6) is 0 Å². The van der Waals surface area contributed by atoms with Crippen LogP contribution in [0.25, 0.3) is 0 Å². The highest BCUT2D eigenvalue weighted by molar-refractivity contribution is 7.09. The molecule has 1 heterocycles. The number of aromatic nitrogens is 1. The van der Waals surface area contributed by atoms with Crippen molar-refractivity contribution in [2.24, 2.45) is 0 Å². The highest BCUT2D eigenvalue weighted by Gasteiger charge is 2.41. The zero-order valence-electron chi connectivity index (χ0n) is 11.4. The number of hydrogen-bond donors (Lipinski definition) is 0. The van der Waals surface area contributed by atoms with Crippen LogP contribution in [-0.4, -0.2) is 19.1 Å². The van der Waals surface area contributed by atoms with E-state index >= 15 is 0 Å². The second-order valence-electron chi connectivity index (χ2n) is 5.74. The maximum atomic E-state index is 11.7. The second kappa shape index (κ2) is 5.00. The number of carbonyl (C=O) groups is 1. The summed E-state index contributed by atoms with van der Waals surface area (Å²) in [5.41, 5.74) is 0. The maximum absolute atomic E-state index is 11.7. The van der Waals surface area contributed by atoms with Crippen LogP contribution in [0, 0.1) is 0 Å². The van der Waals surface area contributed by atoms with Gasteiger partial charge in [-0.25, -0.2) is 4.98 Å². The highest BCUT2D eigenvalue weighted by Crippen LogP contribution is 2.40. The molecule has 96 valence electrons. The van der Waals surface area contributed by atoms with Crippen molar-refractivity contribution in [2.45, 2.75) is 51.9 Å². The van der Waals surface area contributed by atoms with E-state index in [9.17, 15) is 4.79 Å². The molecule has 0 saturated carbocycles. The Morgan fingerprint density at radius 1 is 1.47 bits per heavy atom.